The second-order valence-corrected chi connectivity index (χ2v) is 7.59. The molecule has 3 heteroatoms. The zero-order chi connectivity index (χ0) is 17.3. The summed E-state index contributed by atoms with van der Waals surface area (Å²) >= 11 is 0. The van der Waals surface area contributed by atoms with Crippen molar-refractivity contribution in [3.05, 3.63) is 71.8 Å². The first-order chi connectivity index (χ1) is 12.2. The maximum Gasteiger partial charge on any atom is 0.0850 e. The molecule has 2 aromatic carbocycles. The van der Waals surface area contributed by atoms with Crippen molar-refractivity contribution in [2.75, 3.05) is 39.8 Å². The number of benzene rings is 2. The second-order valence-electron chi connectivity index (χ2n) is 7.59. The molecule has 2 aliphatic rings. The van der Waals surface area contributed by atoms with Gasteiger partial charge in [-0.2, -0.15) is 5.26 Å². The predicted molar refractivity (Wildman–Crippen MR) is 100 cm³/mol. The molecule has 128 valence electrons. The summed E-state index contributed by atoms with van der Waals surface area (Å²) < 4.78 is 0. The first kappa shape index (κ1) is 16.3. The van der Waals surface area contributed by atoms with Gasteiger partial charge in [-0.1, -0.05) is 60.7 Å². The zero-order valence-corrected chi connectivity index (χ0v) is 14.9. The molecule has 0 N–H and O–H groups in total. The van der Waals surface area contributed by atoms with Gasteiger partial charge in [0, 0.05) is 38.1 Å². The zero-order valence-electron chi connectivity index (χ0n) is 14.9. The van der Waals surface area contributed by atoms with Crippen LogP contribution in [0.25, 0.3) is 0 Å². The van der Waals surface area contributed by atoms with E-state index < -0.39 is 0 Å². The molecule has 0 radical (unpaired) electrons. The van der Waals surface area contributed by atoms with Crippen molar-refractivity contribution in [1.29, 1.82) is 5.26 Å². The van der Waals surface area contributed by atoms with Gasteiger partial charge in [0.2, 0.25) is 0 Å². The van der Waals surface area contributed by atoms with Crippen molar-refractivity contribution >= 4 is 0 Å². The molecule has 1 unspecified atom stereocenters. The van der Waals surface area contributed by atoms with Crippen LogP contribution in [0.15, 0.2) is 60.7 Å². The Morgan fingerprint density at radius 3 is 1.88 bits per heavy atom. The Bertz CT molecular complexity index is 717. The van der Waals surface area contributed by atoms with Crippen molar-refractivity contribution in [2.24, 2.45) is 5.41 Å². The molecule has 0 spiro atoms. The third-order valence-electron chi connectivity index (χ3n) is 6.10. The molecule has 1 saturated carbocycles. The largest absolute Gasteiger partial charge is 0.304 e. The lowest BCUT2D eigenvalue weighted by Gasteiger charge is -2.35. The van der Waals surface area contributed by atoms with Crippen molar-refractivity contribution in [3.63, 3.8) is 0 Å². The van der Waals surface area contributed by atoms with E-state index in [1.807, 2.05) is 0 Å². The van der Waals surface area contributed by atoms with E-state index >= 15 is 0 Å². The molecule has 25 heavy (non-hydrogen) atoms. The van der Waals surface area contributed by atoms with Crippen LogP contribution < -0.4 is 0 Å². The summed E-state index contributed by atoms with van der Waals surface area (Å²) in [7, 11) is 2.17. The highest BCUT2D eigenvalue weighted by Gasteiger charge is 2.70. The summed E-state index contributed by atoms with van der Waals surface area (Å²) in [5.41, 5.74) is 2.05. The lowest BCUT2D eigenvalue weighted by atomic mass is 9.80. The van der Waals surface area contributed by atoms with E-state index in [1.54, 1.807) is 0 Å². The third kappa shape index (κ3) is 2.66. The summed E-state index contributed by atoms with van der Waals surface area (Å²) in [6, 6.07) is 24.0. The SMILES string of the molecule is CN1CCN(CC2(C#N)CC2(c2ccccc2)c2ccccc2)CC1. The highest BCUT2D eigenvalue weighted by Crippen LogP contribution is 2.68. The monoisotopic (exact) mass is 331 g/mol. The van der Waals surface area contributed by atoms with Gasteiger partial charge in [0.05, 0.1) is 11.5 Å². The molecule has 1 heterocycles. The molecular formula is C22H25N3. The minimum Gasteiger partial charge on any atom is -0.304 e. The molecule has 4 rings (SSSR count). The molecule has 2 aromatic rings. The Labute approximate surface area is 150 Å². The van der Waals surface area contributed by atoms with Crippen molar-refractivity contribution in [1.82, 2.24) is 9.80 Å². The Kier molecular flexibility index (Phi) is 4.11. The van der Waals surface area contributed by atoms with Crippen molar-refractivity contribution in [2.45, 2.75) is 11.8 Å². The maximum absolute atomic E-state index is 10.2. The van der Waals surface area contributed by atoms with E-state index in [0.717, 1.165) is 39.1 Å². The Morgan fingerprint density at radius 2 is 1.40 bits per heavy atom. The maximum atomic E-state index is 10.2. The molecule has 2 fully saturated rings. The first-order valence-electron chi connectivity index (χ1n) is 9.13. The van der Waals surface area contributed by atoms with Gasteiger partial charge in [-0.25, -0.2) is 0 Å². The molecule has 1 saturated heterocycles. The van der Waals surface area contributed by atoms with Crippen LogP contribution in [0.2, 0.25) is 0 Å². The van der Waals surface area contributed by atoms with Crippen molar-refractivity contribution < 1.29 is 0 Å². The van der Waals surface area contributed by atoms with E-state index in [-0.39, 0.29) is 10.8 Å². The van der Waals surface area contributed by atoms with Gasteiger partial charge in [-0.3, -0.25) is 4.90 Å². The van der Waals surface area contributed by atoms with Crippen LogP contribution in [0.4, 0.5) is 0 Å². The van der Waals surface area contributed by atoms with Crippen LogP contribution in [0, 0.1) is 16.7 Å². The lowest BCUT2D eigenvalue weighted by Crippen LogP contribution is -2.47. The number of likely N-dealkylation sites (N-methyl/N-ethyl adjacent to an activating group) is 1. The fourth-order valence-corrected chi connectivity index (χ4v) is 4.53. The van der Waals surface area contributed by atoms with Gasteiger partial charge < -0.3 is 4.90 Å². The summed E-state index contributed by atoms with van der Waals surface area (Å²) in [6.45, 7) is 5.15. The highest BCUT2D eigenvalue weighted by atomic mass is 15.3. The quantitative estimate of drug-likeness (QED) is 0.862. The normalized spacial score (nSPS) is 26.1. The Morgan fingerprint density at radius 1 is 0.880 bits per heavy atom. The van der Waals surface area contributed by atoms with E-state index in [0.29, 0.717) is 0 Å². The van der Waals surface area contributed by atoms with E-state index in [1.165, 1.54) is 11.1 Å². The summed E-state index contributed by atoms with van der Waals surface area (Å²) in [5, 5.41) is 10.2. The fraction of sp³-hybridized carbons (Fsp3) is 0.409. The lowest BCUT2D eigenvalue weighted by molar-refractivity contribution is 0.137. The van der Waals surface area contributed by atoms with Crippen LogP contribution in [0.5, 0.6) is 0 Å². The number of hydrogen-bond donors (Lipinski definition) is 0. The molecule has 0 amide bonds. The first-order valence-corrected chi connectivity index (χ1v) is 9.13. The van der Waals surface area contributed by atoms with E-state index in [2.05, 4.69) is 83.6 Å². The Balaban J connectivity index is 1.70. The van der Waals surface area contributed by atoms with Gasteiger partial charge in [0.15, 0.2) is 0 Å². The molecule has 1 aliphatic carbocycles. The van der Waals surface area contributed by atoms with Crippen molar-refractivity contribution in [3.8, 4) is 6.07 Å². The number of piperazine rings is 1. The van der Waals surface area contributed by atoms with Crippen LogP contribution in [0.3, 0.4) is 0 Å². The number of rotatable bonds is 4. The number of hydrogen-bond acceptors (Lipinski definition) is 3. The van der Waals surface area contributed by atoms with Crippen LogP contribution in [-0.4, -0.2) is 49.6 Å². The molecule has 1 atom stereocenters. The predicted octanol–water partition coefficient (Wildman–Crippen LogP) is 3.13. The molecule has 3 nitrogen and oxygen atoms in total. The number of nitriles is 1. The van der Waals surface area contributed by atoms with Gasteiger partial charge in [-0.05, 0) is 24.6 Å². The Hall–Kier alpha value is -2.15. The average molecular weight is 331 g/mol. The van der Waals surface area contributed by atoms with Gasteiger partial charge >= 0.3 is 0 Å². The highest BCUT2D eigenvalue weighted by molar-refractivity contribution is 5.54. The molecule has 0 aromatic heterocycles. The fourth-order valence-electron chi connectivity index (χ4n) is 4.53. The minimum atomic E-state index is -0.328. The van der Waals surface area contributed by atoms with E-state index in [4.69, 9.17) is 0 Å². The van der Waals surface area contributed by atoms with E-state index in [9.17, 15) is 5.26 Å². The van der Waals surface area contributed by atoms with Gasteiger partial charge in [0.1, 0.15) is 0 Å². The summed E-state index contributed by atoms with van der Waals surface area (Å²) in [6.07, 6.45) is 0.914. The van der Waals surface area contributed by atoms with Crippen LogP contribution >= 0.6 is 0 Å². The third-order valence-corrected chi connectivity index (χ3v) is 6.10. The van der Waals surface area contributed by atoms with Gasteiger partial charge in [-0.15, -0.1) is 0 Å². The summed E-state index contributed by atoms with van der Waals surface area (Å²) in [4.78, 5) is 4.85. The van der Waals surface area contributed by atoms with Gasteiger partial charge in [0.25, 0.3) is 0 Å². The molecule has 0 bridgehead atoms. The van der Waals surface area contributed by atoms with Crippen LogP contribution in [-0.2, 0) is 5.41 Å². The standard InChI is InChI=1S/C22H25N3/c1-24-12-14-25(15-13-24)18-21(17-23)16-22(21,19-8-4-2-5-9-19)20-10-6-3-7-11-20/h2-11H,12-16,18H2,1H3. The molecule has 1 aliphatic heterocycles. The average Bonchev–Trinajstić information content (AvgIpc) is 3.35. The minimum absolute atomic E-state index is 0.173. The molecular weight excluding hydrogens is 306 g/mol. The topological polar surface area (TPSA) is 30.3 Å². The summed E-state index contributed by atoms with van der Waals surface area (Å²) in [5.74, 6) is 0. The smallest absolute Gasteiger partial charge is 0.0850 e. The second kappa shape index (κ2) is 6.29. The number of nitrogens with zero attached hydrogens (tertiary/aromatic N) is 3. The van der Waals surface area contributed by atoms with Crippen LogP contribution in [0.1, 0.15) is 17.5 Å².